The predicted molar refractivity (Wildman–Crippen MR) is 94.9 cm³/mol. The lowest BCUT2D eigenvalue weighted by Crippen LogP contribution is -2.39. The molecular formula is C19H19ClN2O2. The molecule has 0 saturated heterocycles. The van der Waals surface area contributed by atoms with Gasteiger partial charge in [0.25, 0.3) is 0 Å². The summed E-state index contributed by atoms with van der Waals surface area (Å²) in [6.07, 6.45) is 1.68. The van der Waals surface area contributed by atoms with Gasteiger partial charge in [-0.2, -0.15) is 5.10 Å². The number of ether oxygens (including phenoxy) is 2. The van der Waals surface area contributed by atoms with Crippen LogP contribution in [0.4, 0.5) is 0 Å². The summed E-state index contributed by atoms with van der Waals surface area (Å²) in [5.74, 6) is 1.76. The van der Waals surface area contributed by atoms with E-state index in [4.69, 9.17) is 26.2 Å². The number of fused-ring (bicyclic) bond motifs is 3. The SMILES string of the molecule is CCC1Oc2ccc(Cl)cc2C2CC(c3ccc(OC)cc3)=NN12. The summed E-state index contributed by atoms with van der Waals surface area (Å²) in [7, 11) is 1.67. The minimum absolute atomic E-state index is 0.0422. The molecule has 2 unspecified atom stereocenters. The number of hydrogen-bond donors (Lipinski definition) is 0. The average Bonchev–Trinajstić information content (AvgIpc) is 3.07. The number of rotatable bonds is 3. The largest absolute Gasteiger partial charge is 0.497 e. The Morgan fingerprint density at radius 1 is 1.25 bits per heavy atom. The molecule has 4 rings (SSSR count). The van der Waals surface area contributed by atoms with Crippen LogP contribution >= 0.6 is 11.6 Å². The van der Waals surface area contributed by atoms with E-state index in [0.29, 0.717) is 0 Å². The Morgan fingerprint density at radius 2 is 2.04 bits per heavy atom. The van der Waals surface area contributed by atoms with E-state index in [0.717, 1.165) is 46.2 Å². The van der Waals surface area contributed by atoms with Crippen LogP contribution in [0.2, 0.25) is 5.02 Å². The summed E-state index contributed by atoms with van der Waals surface area (Å²) in [6.45, 7) is 2.11. The first kappa shape index (κ1) is 15.3. The lowest BCUT2D eigenvalue weighted by Gasteiger charge is -2.37. The topological polar surface area (TPSA) is 34.1 Å². The van der Waals surface area contributed by atoms with Crippen molar-refractivity contribution in [1.82, 2.24) is 5.01 Å². The molecule has 4 nitrogen and oxygen atoms in total. The van der Waals surface area contributed by atoms with E-state index in [-0.39, 0.29) is 12.3 Å². The van der Waals surface area contributed by atoms with E-state index in [1.165, 1.54) is 0 Å². The van der Waals surface area contributed by atoms with Gasteiger partial charge in [-0.3, -0.25) is 5.01 Å². The van der Waals surface area contributed by atoms with Crippen LogP contribution in [0.3, 0.4) is 0 Å². The van der Waals surface area contributed by atoms with Crippen LogP contribution in [0, 0.1) is 0 Å². The van der Waals surface area contributed by atoms with E-state index in [1.807, 2.05) is 30.3 Å². The molecule has 2 aliphatic rings. The molecule has 0 amide bonds. The van der Waals surface area contributed by atoms with Gasteiger partial charge in [-0.1, -0.05) is 18.5 Å². The Kier molecular flexibility index (Phi) is 3.85. The van der Waals surface area contributed by atoms with E-state index in [9.17, 15) is 0 Å². The van der Waals surface area contributed by atoms with Gasteiger partial charge in [0.15, 0.2) is 6.23 Å². The molecule has 0 aliphatic carbocycles. The molecule has 0 bridgehead atoms. The summed E-state index contributed by atoms with van der Waals surface area (Å²) in [5.41, 5.74) is 3.29. The second kappa shape index (κ2) is 6.02. The number of hydrogen-bond acceptors (Lipinski definition) is 4. The van der Waals surface area contributed by atoms with Crippen molar-refractivity contribution in [2.45, 2.75) is 32.0 Å². The van der Waals surface area contributed by atoms with Gasteiger partial charge in [-0.05, 0) is 48.0 Å². The number of benzene rings is 2. The second-order valence-corrected chi connectivity index (χ2v) is 6.47. The molecule has 0 fully saturated rings. The van der Waals surface area contributed by atoms with E-state index >= 15 is 0 Å². The predicted octanol–water partition coefficient (Wildman–Crippen LogP) is 4.63. The van der Waals surface area contributed by atoms with E-state index in [1.54, 1.807) is 7.11 Å². The Balaban J connectivity index is 1.70. The highest BCUT2D eigenvalue weighted by Crippen LogP contribution is 2.44. The third-order valence-electron chi connectivity index (χ3n) is 4.60. The second-order valence-electron chi connectivity index (χ2n) is 6.04. The van der Waals surface area contributed by atoms with Crippen LogP contribution < -0.4 is 9.47 Å². The molecule has 2 aliphatic heterocycles. The van der Waals surface area contributed by atoms with Crippen molar-refractivity contribution in [3.8, 4) is 11.5 Å². The average molecular weight is 343 g/mol. The number of nitrogens with zero attached hydrogens (tertiary/aromatic N) is 2. The van der Waals surface area contributed by atoms with Crippen molar-refractivity contribution in [3.63, 3.8) is 0 Å². The zero-order valence-corrected chi connectivity index (χ0v) is 14.5. The third kappa shape index (κ3) is 2.51. The van der Waals surface area contributed by atoms with Crippen molar-refractivity contribution in [2.75, 3.05) is 7.11 Å². The van der Waals surface area contributed by atoms with Gasteiger partial charge in [0.1, 0.15) is 11.5 Å². The van der Waals surface area contributed by atoms with Crippen LogP contribution in [0.5, 0.6) is 11.5 Å². The Labute approximate surface area is 146 Å². The highest BCUT2D eigenvalue weighted by Gasteiger charge is 2.39. The fourth-order valence-corrected chi connectivity index (χ4v) is 3.54. The van der Waals surface area contributed by atoms with Crippen molar-refractivity contribution in [2.24, 2.45) is 5.10 Å². The monoisotopic (exact) mass is 342 g/mol. The van der Waals surface area contributed by atoms with Gasteiger partial charge in [0.05, 0.1) is 18.9 Å². The quantitative estimate of drug-likeness (QED) is 0.815. The van der Waals surface area contributed by atoms with Crippen molar-refractivity contribution in [3.05, 3.63) is 58.6 Å². The van der Waals surface area contributed by atoms with Gasteiger partial charge in [-0.15, -0.1) is 0 Å². The first-order valence-electron chi connectivity index (χ1n) is 8.16. The molecule has 24 heavy (non-hydrogen) atoms. The molecule has 0 N–H and O–H groups in total. The molecule has 0 saturated carbocycles. The molecular weight excluding hydrogens is 324 g/mol. The zero-order valence-electron chi connectivity index (χ0n) is 13.7. The highest BCUT2D eigenvalue weighted by molar-refractivity contribution is 6.30. The fraction of sp³-hybridized carbons (Fsp3) is 0.316. The molecule has 0 radical (unpaired) electrons. The van der Waals surface area contributed by atoms with Crippen LogP contribution in [0.25, 0.3) is 0 Å². The molecule has 0 spiro atoms. The standard InChI is InChI=1S/C19H19ClN2O2/c1-3-19-22-17(15-10-13(20)6-9-18(15)24-19)11-16(21-22)12-4-7-14(23-2)8-5-12/h4-10,17,19H,3,11H2,1-2H3. The molecule has 2 aromatic carbocycles. The molecule has 2 atom stereocenters. The summed E-state index contributed by atoms with van der Waals surface area (Å²) >= 11 is 6.20. The first-order chi connectivity index (χ1) is 11.7. The smallest absolute Gasteiger partial charge is 0.187 e. The maximum absolute atomic E-state index is 6.20. The normalized spacial score (nSPS) is 21.6. The van der Waals surface area contributed by atoms with Crippen LogP contribution in [-0.2, 0) is 0 Å². The van der Waals surface area contributed by atoms with Gasteiger partial charge in [0, 0.05) is 23.4 Å². The lowest BCUT2D eigenvalue weighted by atomic mass is 9.96. The van der Waals surface area contributed by atoms with Crippen LogP contribution in [0.15, 0.2) is 47.6 Å². The van der Waals surface area contributed by atoms with Crippen molar-refractivity contribution in [1.29, 1.82) is 0 Å². The third-order valence-corrected chi connectivity index (χ3v) is 4.84. The molecule has 0 aromatic heterocycles. The Hall–Kier alpha value is -2.20. The number of hydrazone groups is 1. The highest BCUT2D eigenvalue weighted by atomic mass is 35.5. The van der Waals surface area contributed by atoms with Crippen molar-refractivity contribution >= 4 is 17.3 Å². The van der Waals surface area contributed by atoms with Crippen molar-refractivity contribution < 1.29 is 9.47 Å². The Morgan fingerprint density at radius 3 is 2.75 bits per heavy atom. The van der Waals surface area contributed by atoms with E-state index < -0.39 is 0 Å². The first-order valence-corrected chi connectivity index (χ1v) is 8.53. The Bertz CT molecular complexity index is 788. The van der Waals surface area contributed by atoms with Crippen LogP contribution in [0.1, 0.15) is 36.9 Å². The van der Waals surface area contributed by atoms with Gasteiger partial charge in [-0.25, -0.2) is 0 Å². The van der Waals surface area contributed by atoms with E-state index in [2.05, 4.69) is 24.1 Å². The molecule has 5 heteroatoms. The zero-order chi connectivity index (χ0) is 16.7. The summed E-state index contributed by atoms with van der Waals surface area (Å²) in [6, 6.07) is 14.0. The molecule has 2 aromatic rings. The fourth-order valence-electron chi connectivity index (χ4n) is 3.36. The summed E-state index contributed by atoms with van der Waals surface area (Å²) < 4.78 is 11.3. The van der Waals surface area contributed by atoms with Crippen LogP contribution in [-0.4, -0.2) is 24.1 Å². The van der Waals surface area contributed by atoms with Gasteiger partial charge in [0.2, 0.25) is 0 Å². The lowest BCUT2D eigenvalue weighted by molar-refractivity contribution is -0.0188. The molecule has 2 heterocycles. The maximum atomic E-state index is 6.20. The number of methoxy groups -OCH3 is 1. The minimum Gasteiger partial charge on any atom is -0.497 e. The molecule has 124 valence electrons. The number of halogens is 1. The van der Waals surface area contributed by atoms with Gasteiger partial charge < -0.3 is 9.47 Å². The van der Waals surface area contributed by atoms with Gasteiger partial charge >= 0.3 is 0 Å². The maximum Gasteiger partial charge on any atom is 0.187 e. The summed E-state index contributed by atoms with van der Waals surface area (Å²) in [4.78, 5) is 0. The summed E-state index contributed by atoms with van der Waals surface area (Å²) in [5, 5.41) is 7.67. The minimum atomic E-state index is -0.0422.